The molecule has 0 radical (unpaired) electrons. The first-order valence-electron chi connectivity index (χ1n) is 3.10. The summed E-state index contributed by atoms with van der Waals surface area (Å²) in [5.41, 5.74) is 0.158. The standard InChI is InChI=1S/C7H9NO3/c1-6(7(10)11)3-2-4-8-5-9/h3H,2,4H2,1H3,(H,10,11)/p-1. The van der Waals surface area contributed by atoms with Crippen molar-refractivity contribution in [1.29, 1.82) is 0 Å². The van der Waals surface area contributed by atoms with Crippen LogP contribution in [0, 0.1) is 0 Å². The quantitative estimate of drug-likeness (QED) is 0.235. The predicted octanol–water partition coefficient (Wildman–Crippen LogP) is -0.592. The molecule has 0 fully saturated rings. The number of carboxylic acid groups (broad SMARTS) is 1. The number of carbonyl (C=O) groups excluding carboxylic acids is 2. The van der Waals surface area contributed by atoms with Gasteiger partial charge in [0.15, 0.2) is 0 Å². The minimum atomic E-state index is -1.19. The van der Waals surface area contributed by atoms with Gasteiger partial charge in [0.2, 0.25) is 6.08 Å². The number of hydrogen-bond acceptors (Lipinski definition) is 4. The van der Waals surface area contributed by atoms with Crippen LogP contribution in [0.5, 0.6) is 0 Å². The number of aliphatic carboxylic acids is 1. The van der Waals surface area contributed by atoms with Crippen LogP contribution in [0.2, 0.25) is 0 Å². The summed E-state index contributed by atoms with van der Waals surface area (Å²) in [7, 11) is 0. The average Bonchev–Trinajstić information content (AvgIpc) is 1.97. The van der Waals surface area contributed by atoms with Crippen molar-refractivity contribution in [1.82, 2.24) is 0 Å². The highest BCUT2D eigenvalue weighted by molar-refractivity contribution is 5.83. The fourth-order valence-electron chi connectivity index (χ4n) is 0.475. The van der Waals surface area contributed by atoms with Gasteiger partial charge in [-0.1, -0.05) is 6.08 Å². The zero-order valence-corrected chi connectivity index (χ0v) is 6.16. The predicted molar refractivity (Wildman–Crippen MR) is 36.4 cm³/mol. The summed E-state index contributed by atoms with van der Waals surface area (Å²) in [6.45, 7) is 1.70. The monoisotopic (exact) mass is 154 g/mol. The van der Waals surface area contributed by atoms with E-state index in [9.17, 15) is 14.7 Å². The van der Waals surface area contributed by atoms with E-state index in [0.29, 0.717) is 6.42 Å². The van der Waals surface area contributed by atoms with Crippen LogP contribution in [0.1, 0.15) is 13.3 Å². The second kappa shape index (κ2) is 5.38. The molecule has 0 N–H and O–H groups in total. The number of rotatable bonds is 4. The largest absolute Gasteiger partial charge is 0.545 e. The van der Waals surface area contributed by atoms with Crippen molar-refractivity contribution in [2.75, 3.05) is 6.54 Å². The van der Waals surface area contributed by atoms with Crippen molar-refractivity contribution < 1.29 is 14.7 Å². The van der Waals surface area contributed by atoms with Crippen molar-refractivity contribution in [3.63, 3.8) is 0 Å². The fourth-order valence-corrected chi connectivity index (χ4v) is 0.475. The molecule has 0 aromatic heterocycles. The molecule has 11 heavy (non-hydrogen) atoms. The number of isocyanates is 1. The first-order valence-corrected chi connectivity index (χ1v) is 3.10. The summed E-state index contributed by atoms with van der Waals surface area (Å²) in [6.07, 6.45) is 3.23. The van der Waals surface area contributed by atoms with Crippen LogP contribution in [0.25, 0.3) is 0 Å². The minimum Gasteiger partial charge on any atom is -0.545 e. The molecule has 0 bridgehead atoms. The molecule has 0 spiro atoms. The second-order valence-electron chi connectivity index (χ2n) is 1.94. The number of hydrogen-bond donors (Lipinski definition) is 0. The van der Waals surface area contributed by atoms with Crippen molar-refractivity contribution in [3.05, 3.63) is 11.6 Å². The summed E-state index contributed by atoms with van der Waals surface area (Å²) >= 11 is 0. The Balaban J connectivity index is 3.73. The maximum atomic E-state index is 10.1. The van der Waals surface area contributed by atoms with Crippen molar-refractivity contribution >= 4 is 12.0 Å². The lowest BCUT2D eigenvalue weighted by Gasteiger charge is -1.98. The Hall–Kier alpha value is -1.41. The summed E-state index contributed by atoms with van der Waals surface area (Å²) in [5, 5.41) is 10.1. The molecular formula is C7H8NO3-. The van der Waals surface area contributed by atoms with Gasteiger partial charge in [0.1, 0.15) is 0 Å². The molecule has 0 aromatic rings. The van der Waals surface area contributed by atoms with E-state index in [0.717, 1.165) is 0 Å². The molecule has 0 amide bonds. The smallest absolute Gasteiger partial charge is 0.234 e. The second-order valence-corrected chi connectivity index (χ2v) is 1.94. The molecule has 0 atom stereocenters. The van der Waals surface area contributed by atoms with E-state index in [1.165, 1.54) is 19.1 Å². The van der Waals surface area contributed by atoms with Crippen molar-refractivity contribution in [2.45, 2.75) is 13.3 Å². The molecule has 0 unspecified atom stereocenters. The molecule has 0 saturated heterocycles. The molecule has 0 aliphatic carbocycles. The van der Waals surface area contributed by atoms with E-state index in [1.807, 2.05) is 0 Å². The van der Waals surface area contributed by atoms with Gasteiger partial charge >= 0.3 is 0 Å². The third kappa shape index (κ3) is 5.06. The summed E-state index contributed by atoms with van der Waals surface area (Å²) < 4.78 is 0. The highest BCUT2D eigenvalue weighted by Gasteiger charge is 1.86. The Kier molecular flexibility index (Phi) is 4.69. The summed E-state index contributed by atoms with van der Waals surface area (Å²) in [6, 6.07) is 0. The lowest BCUT2D eigenvalue weighted by Crippen LogP contribution is -2.22. The van der Waals surface area contributed by atoms with Gasteiger partial charge in [-0.2, -0.15) is 0 Å². The van der Waals surface area contributed by atoms with Crippen molar-refractivity contribution in [2.24, 2.45) is 4.99 Å². The van der Waals surface area contributed by atoms with E-state index in [2.05, 4.69) is 4.99 Å². The molecule has 0 aromatic carbocycles. The number of aliphatic imine (C=N–C) groups is 1. The number of carboxylic acids is 1. The molecule has 0 aliphatic rings. The first kappa shape index (κ1) is 9.59. The van der Waals surface area contributed by atoms with Gasteiger partial charge < -0.3 is 9.90 Å². The van der Waals surface area contributed by atoms with Gasteiger partial charge in [-0.3, -0.25) is 0 Å². The van der Waals surface area contributed by atoms with Gasteiger partial charge in [0.25, 0.3) is 0 Å². The molecule has 0 heterocycles. The maximum absolute atomic E-state index is 10.1. The number of nitrogens with zero attached hydrogens (tertiary/aromatic N) is 1. The Morgan fingerprint density at radius 3 is 2.82 bits per heavy atom. The Morgan fingerprint density at radius 1 is 1.73 bits per heavy atom. The van der Waals surface area contributed by atoms with Gasteiger partial charge in [-0.05, 0) is 18.9 Å². The topological polar surface area (TPSA) is 69.6 Å². The Labute approximate surface area is 64.3 Å². The minimum absolute atomic E-state index is 0.158. The molecule has 60 valence electrons. The van der Waals surface area contributed by atoms with Crippen LogP contribution in [0.4, 0.5) is 0 Å². The summed E-state index contributed by atoms with van der Waals surface area (Å²) in [5.74, 6) is -1.19. The third-order valence-corrected chi connectivity index (χ3v) is 1.08. The van der Waals surface area contributed by atoms with Crippen LogP contribution in [-0.4, -0.2) is 18.6 Å². The van der Waals surface area contributed by atoms with E-state index >= 15 is 0 Å². The van der Waals surface area contributed by atoms with E-state index < -0.39 is 5.97 Å². The number of carbonyl (C=O) groups is 1. The van der Waals surface area contributed by atoms with Gasteiger partial charge in [-0.25, -0.2) is 9.79 Å². The van der Waals surface area contributed by atoms with Crippen LogP contribution in [0.15, 0.2) is 16.6 Å². The highest BCUT2D eigenvalue weighted by atomic mass is 16.4. The zero-order chi connectivity index (χ0) is 8.69. The molecule has 0 rings (SSSR count). The SMILES string of the molecule is CC(=CCCN=C=O)C(=O)[O-]. The normalized spacial score (nSPS) is 10.5. The molecule has 4 heteroatoms. The third-order valence-electron chi connectivity index (χ3n) is 1.08. The zero-order valence-electron chi connectivity index (χ0n) is 6.16. The highest BCUT2D eigenvalue weighted by Crippen LogP contribution is 1.92. The van der Waals surface area contributed by atoms with Crippen LogP contribution >= 0.6 is 0 Å². The van der Waals surface area contributed by atoms with Crippen LogP contribution in [0.3, 0.4) is 0 Å². The molecular weight excluding hydrogens is 146 g/mol. The van der Waals surface area contributed by atoms with Gasteiger partial charge in [0, 0.05) is 0 Å². The lowest BCUT2D eigenvalue weighted by atomic mass is 10.2. The first-order chi connectivity index (χ1) is 5.18. The van der Waals surface area contributed by atoms with Gasteiger partial charge in [-0.15, -0.1) is 0 Å². The van der Waals surface area contributed by atoms with E-state index in [4.69, 9.17) is 0 Å². The van der Waals surface area contributed by atoms with E-state index in [-0.39, 0.29) is 12.1 Å². The Morgan fingerprint density at radius 2 is 2.36 bits per heavy atom. The van der Waals surface area contributed by atoms with Crippen LogP contribution in [-0.2, 0) is 9.59 Å². The Bertz CT molecular complexity index is 214. The fraction of sp³-hybridized carbons (Fsp3) is 0.429. The molecule has 4 nitrogen and oxygen atoms in total. The van der Waals surface area contributed by atoms with Crippen LogP contribution < -0.4 is 5.11 Å². The molecule has 0 saturated carbocycles. The maximum Gasteiger partial charge on any atom is 0.234 e. The lowest BCUT2D eigenvalue weighted by molar-refractivity contribution is -0.299. The van der Waals surface area contributed by atoms with E-state index in [1.54, 1.807) is 0 Å². The van der Waals surface area contributed by atoms with Gasteiger partial charge in [0.05, 0.1) is 12.5 Å². The van der Waals surface area contributed by atoms with Crippen molar-refractivity contribution in [3.8, 4) is 0 Å². The average molecular weight is 154 g/mol. The summed E-state index contributed by atoms with van der Waals surface area (Å²) in [4.78, 5) is 22.9. The molecule has 0 aliphatic heterocycles.